The van der Waals surface area contributed by atoms with Crippen LogP contribution >= 0.6 is 0 Å². The lowest BCUT2D eigenvalue weighted by atomic mass is 9.54. The number of nitrogens with one attached hydrogen (secondary N) is 2. The highest BCUT2D eigenvalue weighted by molar-refractivity contribution is 6.24. The highest BCUT2D eigenvalue weighted by Crippen LogP contribution is 2.56. The number of aliphatic hydroxyl groups is 4. The maximum atomic E-state index is 14.1. The number of ketones is 2. The van der Waals surface area contributed by atoms with Crippen molar-refractivity contribution in [3.8, 4) is 5.75 Å². The molecular weight excluding hydrogens is 580 g/mol. The average Bonchev–Trinajstić information content (AvgIpc) is 2.93. The van der Waals surface area contributed by atoms with E-state index in [9.17, 15) is 49.5 Å². The molecule has 1 fully saturated rings. The summed E-state index contributed by atoms with van der Waals surface area (Å²) in [7, 11) is 4.00. The predicted molar refractivity (Wildman–Crippen MR) is 153 cm³/mol. The lowest BCUT2D eigenvalue weighted by molar-refractivity contribution is -0.169. The molecule has 0 saturated heterocycles. The zero-order valence-corrected chi connectivity index (χ0v) is 24.9. The Morgan fingerprint density at radius 2 is 1.73 bits per heavy atom. The van der Waals surface area contributed by atoms with Crippen molar-refractivity contribution in [3.63, 3.8) is 0 Å². The van der Waals surface area contributed by atoms with Gasteiger partial charge in [-0.2, -0.15) is 0 Å². The number of hydrogen-bond donors (Lipinski definition) is 8. The van der Waals surface area contributed by atoms with Crippen LogP contribution in [0.1, 0.15) is 37.8 Å². The second-order valence-corrected chi connectivity index (χ2v) is 11.8. The number of benzene rings is 1. The molecule has 0 heterocycles. The van der Waals surface area contributed by atoms with Gasteiger partial charge in [0.1, 0.15) is 28.9 Å². The minimum Gasteiger partial charge on any atom is -0.508 e. The summed E-state index contributed by atoms with van der Waals surface area (Å²) in [6.45, 7) is 4.94. The number of nitrogens with zero attached hydrogens (tertiary/aromatic N) is 1. The molecule has 3 amide bonds. The van der Waals surface area contributed by atoms with E-state index in [0.29, 0.717) is 0 Å². The number of aliphatic hydroxyl groups excluding tert-OH is 3. The van der Waals surface area contributed by atoms with Crippen molar-refractivity contribution in [2.24, 2.45) is 23.5 Å². The number of esters is 1. The molecule has 3 aliphatic carbocycles. The Labute approximate surface area is 252 Å². The first-order chi connectivity index (χ1) is 20.4. The first kappa shape index (κ1) is 32.4. The van der Waals surface area contributed by atoms with Crippen LogP contribution in [0.5, 0.6) is 5.75 Å². The number of nitrogens with two attached hydrogens (primary N) is 1. The summed E-state index contributed by atoms with van der Waals surface area (Å²) in [5, 5.41) is 61.9. The van der Waals surface area contributed by atoms with Gasteiger partial charge in [-0.1, -0.05) is 26.8 Å². The van der Waals surface area contributed by atoms with Gasteiger partial charge in [0, 0.05) is 11.5 Å². The molecule has 238 valence electrons. The van der Waals surface area contributed by atoms with Crippen molar-refractivity contribution in [2.75, 3.05) is 26.5 Å². The highest BCUT2D eigenvalue weighted by Gasteiger charge is 2.68. The number of anilines is 1. The third-order valence-electron chi connectivity index (χ3n) is 8.79. The maximum absolute atomic E-state index is 14.1. The quantitative estimate of drug-likeness (QED) is 0.118. The van der Waals surface area contributed by atoms with Crippen LogP contribution in [0.2, 0.25) is 0 Å². The van der Waals surface area contributed by atoms with Crippen molar-refractivity contribution >= 4 is 40.9 Å². The molecule has 1 aromatic carbocycles. The summed E-state index contributed by atoms with van der Waals surface area (Å²) < 4.78 is 4.71. The Balaban J connectivity index is 1.85. The zero-order valence-electron chi connectivity index (χ0n) is 24.9. The number of fused-ring (bicyclic) bond motifs is 3. The van der Waals surface area contributed by atoms with Crippen LogP contribution in [0.15, 0.2) is 29.0 Å². The van der Waals surface area contributed by atoms with Gasteiger partial charge in [0.2, 0.25) is 5.78 Å². The first-order valence-electron chi connectivity index (χ1n) is 13.8. The number of hydrogen-bond acceptors (Lipinski definition) is 12. The molecule has 0 aromatic heterocycles. The third kappa shape index (κ3) is 4.58. The van der Waals surface area contributed by atoms with Crippen LogP contribution in [0.4, 0.5) is 10.5 Å². The number of rotatable bonds is 6. The molecule has 3 aliphatic rings. The van der Waals surface area contributed by atoms with Crippen LogP contribution in [0.3, 0.4) is 0 Å². The van der Waals surface area contributed by atoms with E-state index in [1.807, 2.05) is 0 Å². The largest absolute Gasteiger partial charge is 0.508 e. The van der Waals surface area contributed by atoms with Gasteiger partial charge < -0.3 is 46.6 Å². The Morgan fingerprint density at radius 1 is 1.11 bits per heavy atom. The molecule has 4 rings (SSSR count). The minimum atomic E-state index is -3.05. The van der Waals surface area contributed by atoms with Crippen LogP contribution in [-0.2, 0) is 23.9 Å². The van der Waals surface area contributed by atoms with E-state index in [2.05, 4.69) is 10.6 Å². The van der Waals surface area contributed by atoms with Gasteiger partial charge in [-0.15, -0.1) is 0 Å². The van der Waals surface area contributed by atoms with E-state index in [1.54, 1.807) is 20.8 Å². The Kier molecular flexibility index (Phi) is 8.28. The molecule has 0 radical (unpaired) electrons. The fourth-order valence-electron chi connectivity index (χ4n) is 6.64. The molecule has 0 spiro atoms. The SMILES string of the molecule is COC(=O)C(NC(=O)Nc1ccc2c(c1O)C(O)=C1C(=O)[C@@]3(O)C(O)=C(C(N)=O)C(=O)[C@H](N(C)C)[C@H]3[C@H](O)[C@H]1[C@@H]2C)C(C)C. The van der Waals surface area contributed by atoms with Crippen LogP contribution in [0, 0.1) is 17.8 Å². The fourth-order valence-corrected chi connectivity index (χ4v) is 6.64. The Hall–Kier alpha value is -4.47. The van der Waals surface area contributed by atoms with Gasteiger partial charge in [0.25, 0.3) is 5.91 Å². The number of aromatic hydroxyl groups is 1. The second-order valence-electron chi connectivity index (χ2n) is 11.8. The van der Waals surface area contributed by atoms with Gasteiger partial charge in [0.05, 0.1) is 36.4 Å². The number of phenols is 1. The van der Waals surface area contributed by atoms with Crippen molar-refractivity contribution in [1.82, 2.24) is 10.2 Å². The summed E-state index contributed by atoms with van der Waals surface area (Å²) in [5.74, 6) is -11.4. The van der Waals surface area contributed by atoms with Crippen molar-refractivity contribution < 1.29 is 54.2 Å². The van der Waals surface area contributed by atoms with Crippen LogP contribution < -0.4 is 16.4 Å². The highest BCUT2D eigenvalue weighted by atomic mass is 16.5. The summed E-state index contributed by atoms with van der Waals surface area (Å²) in [5.41, 5.74) is 0.428. The molecule has 1 saturated carbocycles. The molecule has 0 aliphatic heterocycles. The Morgan fingerprint density at radius 3 is 2.25 bits per heavy atom. The topological polar surface area (TPSA) is 249 Å². The smallest absolute Gasteiger partial charge is 0.328 e. The van der Waals surface area contributed by atoms with E-state index in [4.69, 9.17) is 10.5 Å². The standard InChI is InChI=1S/C29H36N4O11/c1-9(2)18(27(41)44-6)32-28(42)31-12-8-7-11-10(3)13-15(21(35)14(11)20(12)34)24(38)29(43)17(22(13)36)19(33(4)5)23(37)16(25(29)39)26(30)40/h7-10,13,17-19,22,34-36,39,43H,1-6H3,(H2,30,40)(H2,31,32,42)/t10-,13+,17+,18?,19-,22-,29-/m1/s1. The van der Waals surface area contributed by atoms with Gasteiger partial charge in [-0.25, -0.2) is 9.59 Å². The van der Waals surface area contributed by atoms with Crippen LogP contribution in [-0.4, -0.2) is 105 Å². The molecule has 15 heteroatoms. The molecule has 15 nitrogen and oxygen atoms in total. The van der Waals surface area contributed by atoms with E-state index >= 15 is 0 Å². The lowest BCUT2D eigenvalue weighted by Crippen LogP contribution is -2.70. The molecule has 44 heavy (non-hydrogen) atoms. The van der Waals surface area contributed by atoms with Gasteiger partial charge in [0.15, 0.2) is 11.4 Å². The molecule has 7 atom stereocenters. The summed E-state index contributed by atoms with van der Waals surface area (Å²) in [6.07, 6.45) is -1.73. The van der Waals surface area contributed by atoms with Gasteiger partial charge in [-0.05, 0) is 37.6 Å². The average molecular weight is 617 g/mol. The normalized spacial score (nSPS) is 28.7. The predicted octanol–water partition coefficient (Wildman–Crippen LogP) is -0.185. The second kappa shape index (κ2) is 11.2. The molecule has 1 aromatic rings. The zero-order chi connectivity index (χ0) is 33.2. The van der Waals surface area contributed by atoms with Crippen molar-refractivity contribution in [2.45, 2.75) is 50.5 Å². The van der Waals surface area contributed by atoms with E-state index in [0.717, 1.165) is 7.11 Å². The van der Waals surface area contributed by atoms with Crippen LogP contribution in [0.25, 0.3) is 5.76 Å². The molecule has 0 bridgehead atoms. The molecule has 9 N–H and O–H groups in total. The lowest BCUT2D eigenvalue weighted by Gasteiger charge is -2.53. The maximum Gasteiger partial charge on any atom is 0.328 e. The number of amides is 3. The number of Topliss-reactive ketones (excluding diaryl/α,β-unsaturated/α-hetero) is 2. The Bertz CT molecular complexity index is 1530. The molecular formula is C29H36N4O11. The minimum absolute atomic E-state index is 0.221. The fraction of sp³-hybridized carbons (Fsp3) is 0.483. The number of ether oxygens (including phenoxy) is 1. The number of carbonyl (C=O) groups excluding carboxylic acids is 5. The van der Waals surface area contributed by atoms with Gasteiger partial charge in [-0.3, -0.25) is 19.3 Å². The number of primary amides is 1. The summed E-state index contributed by atoms with van der Waals surface area (Å²) >= 11 is 0. The number of phenolic OH excluding ortho intramolecular Hbond substituents is 1. The summed E-state index contributed by atoms with van der Waals surface area (Å²) in [4.78, 5) is 65.5. The van der Waals surface area contributed by atoms with E-state index < -0.39 is 99.4 Å². The number of methoxy groups -OCH3 is 1. The summed E-state index contributed by atoms with van der Waals surface area (Å²) in [6, 6.07) is -0.620. The number of carbonyl (C=O) groups is 5. The third-order valence-corrected chi connectivity index (χ3v) is 8.79. The van der Waals surface area contributed by atoms with Gasteiger partial charge >= 0.3 is 12.0 Å². The van der Waals surface area contributed by atoms with Crippen molar-refractivity contribution in [1.29, 1.82) is 0 Å². The number of urea groups is 1. The van der Waals surface area contributed by atoms with E-state index in [-0.39, 0.29) is 22.7 Å². The first-order valence-corrected chi connectivity index (χ1v) is 13.8. The monoisotopic (exact) mass is 616 g/mol. The van der Waals surface area contributed by atoms with Crippen molar-refractivity contribution in [3.05, 3.63) is 40.2 Å². The molecule has 1 unspecified atom stereocenters. The number of likely N-dealkylation sites (N-methyl/N-ethyl adjacent to an activating group) is 1. The van der Waals surface area contributed by atoms with E-state index in [1.165, 1.54) is 31.1 Å².